The minimum atomic E-state index is -0.758. The van der Waals surface area contributed by atoms with Crippen molar-refractivity contribution < 1.29 is 13.6 Å². The maximum absolute atomic E-state index is 12.6. The lowest BCUT2D eigenvalue weighted by molar-refractivity contribution is -0.116. The summed E-state index contributed by atoms with van der Waals surface area (Å²) in [4.78, 5) is 36.4. The van der Waals surface area contributed by atoms with Crippen LogP contribution >= 0.6 is 11.6 Å². The molecular weight excluding hydrogens is 413 g/mol. The normalized spacial score (nSPS) is 15.8. The number of nitrogens with one attached hydrogen (secondary N) is 3. The Labute approximate surface area is 177 Å². The summed E-state index contributed by atoms with van der Waals surface area (Å²) < 4.78 is 18.2. The minimum Gasteiger partial charge on any atom is -0.464 e. The average Bonchev–Trinajstić information content (AvgIpc) is 3.29. The molecule has 1 aromatic heterocycles. The third-order valence-electron chi connectivity index (χ3n) is 5.00. The standard InChI is InChI=1S/C21H23ClFN3O4/c1-10(2)16(15-5-4-11(3)30-15)26-18-17(19(27)20(18)28)24-9-13-12(8-25-21(13)29)14(22)6-7-23/h4-6,10,16,24,26H,7-9H2,1-3H3,(H,25,29)/b14-6+/t16-/m1/s1. The van der Waals surface area contributed by atoms with Crippen LogP contribution in [0, 0.1) is 12.8 Å². The van der Waals surface area contributed by atoms with Crippen LogP contribution in [0.25, 0.3) is 0 Å². The van der Waals surface area contributed by atoms with Crippen LogP contribution in [0.2, 0.25) is 0 Å². The van der Waals surface area contributed by atoms with E-state index in [-0.39, 0.29) is 47.4 Å². The number of carbonyl (C=O) groups is 1. The Morgan fingerprint density at radius 1 is 1.27 bits per heavy atom. The van der Waals surface area contributed by atoms with Gasteiger partial charge in [-0.25, -0.2) is 4.39 Å². The van der Waals surface area contributed by atoms with Gasteiger partial charge in [0.2, 0.25) is 5.91 Å². The molecule has 1 aliphatic heterocycles. The van der Waals surface area contributed by atoms with E-state index in [1.165, 1.54) is 6.08 Å². The number of aryl methyl sites for hydroxylation is 1. The van der Waals surface area contributed by atoms with Gasteiger partial charge in [0.05, 0.1) is 6.04 Å². The molecule has 160 valence electrons. The van der Waals surface area contributed by atoms with Crippen molar-refractivity contribution in [1.82, 2.24) is 5.32 Å². The number of rotatable bonds is 9. The van der Waals surface area contributed by atoms with Gasteiger partial charge >= 0.3 is 0 Å². The summed E-state index contributed by atoms with van der Waals surface area (Å²) >= 11 is 6.05. The number of carbonyl (C=O) groups excluding carboxylic acids is 1. The summed E-state index contributed by atoms with van der Waals surface area (Å²) in [6.45, 7) is 5.15. The van der Waals surface area contributed by atoms with Gasteiger partial charge in [-0.2, -0.15) is 0 Å². The Hall–Kier alpha value is -2.87. The van der Waals surface area contributed by atoms with E-state index in [9.17, 15) is 18.8 Å². The average molecular weight is 436 g/mol. The number of allylic oxidation sites excluding steroid dienone is 1. The first-order valence-electron chi connectivity index (χ1n) is 9.56. The Balaban J connectivity index is 1.82. The van der Waals surface area contributed by atoms with Crippen LogP contribution in [0.15, 0.2) is 48.4 Å². The molecule has 0 aliphatic carbocycles. The molecule has 7 nitrogen and oxygen atoms in total. The summed E-state index contributed by atoms with van der Waals surface area (Å²) in [6, 6.07) is 3.34. The van der Waals surface area contributed by atoms with Crippen molar-refractivity contribution in [2.24, 2.45) is 5.92 Å². The van der Waals surface area contributed by atoms with E-state index >= 15 is 0 Å². The highest BCUT2D eigenvalue weighted by Crippen LogP contribution is 2.30. The number of amides is 1. The number of anilines is 2. The molecule has 3 N–H and O–H groups in total. The SMILES string of the molecule is Cc1ccc([C@H](Nc2c(NCC3=C(/C(Cl)=C\CF)CNC3=O)c(=O)c2=O)C(C)C)o1. The molecule has 1 atom stereocenters. The summed E-state index contributed by atoms with van der Waals surface area (Å²) in [6.07, 6.45) is 1.17. The molecule has 2 aromatic rings. The molecule has 1 aromatic carbocycles. The Bertz CT molecular complexity index is 1090. The lowest BCUT2D eigenvalue weighted by Crippen LogP contribution is -2.39. The fraction of sp³-hybridized carbons (Fsp3) is 0.381. The first kappa shape index (κ1) is 21.8. The van der Waals surface area contributed by atoms with Crippen molar-refractivity contribution in [1.29, 1.82) is 0 Å². The summed E-state index contributed by atoms with van der Waals surface area (Å²) in [5.41, 5.74) is -0.282. The third kappa shape index (κ3) is 4.18. The maximum Gasteiger partial charge on any atom is 0.253 e. The van der Waals surface area contributed by atoms with Gasteiger partial charge in [-0.15, -0.1) is 0 Å². The van der Waals surface area contributed by atoms with Gasteiger partial charge in [0.1, 0.15) is 29.6 Å². The molecule has 2 heterocycles. The van der Waals surface area contributed by atoms with Crippen LogP contribution in [0.4, 0.5) is 15.8 Å². The fourth-order valence-electron chi connectivity index (χ4n) is 3.34. The second-order valence-corrected chi connectivity index (χ2v) is 7.83. The highest BCUT2D eigenvalue weighted by molar-refractivity contribution is 6.32. The lowest BCUT2D eigenvalue weighted by atomic mass is 10.0. The van der Waals surface area contributed by atoms with Crippen LogP contribution in [0.1, 0.15) is 31.4 Å². The van der Waals surface area contributed by atoms with Crippen LogP contribution in [0.5, 0.6) is 0 Å². The van der Waals surface area contributed by atoms with Crippen LogP contribution < -0.4 is 26.8 Å². The second-order valence-electron chi connectivity index (χ2n) is 7.42. The van der Waals surface area contributed by atoms with Gasteiger partial charge in [0.15, 0.2) is 0 Å². The molecular formula is C21H23ClFN3O4. The van der Waals surface area contributed by atoms with E-state index in [1.54, 1.807) is 0 Å². The van der Waals surface area contributed by atoms with E-state index in [1.807, 2.05) is 32.9 Å². The molecule has 0 spiro atoms. The molecule has 0 saturated carbocycles. The zero-order chi connectivity index (χ0) is 22.0. The molecule has 9 heteroatoms. The van der Waals surface area contributed by atoms with Crippen molar-refractivity contribution >= 4 is 28.9 Å². The molecule has 3 rings (SSSR count). The molecule has 0 saturated heterocycles. The molecule has 0 unspecified atom stereocenters. The third-order valence-corrected chi connectivity index (χ3v) is 5.38. The van der Waals surface area contributed by atoms with Gasteiger partial charge in [-0.05, 0) is 31.1 Å². The smallest absolute Gasteiger partial charge is 0.253 e. The van der Waals surface area contributed by atoms with Gasteiger partial charge in [-0.3, -0.25) is 14.4 Å². The lowest BCUT2D eigenvalue weighted by Gasteiger charge is -2.24. The van der Waals surface area contributed by atoms with E-state index in [0.29, 0.717) is 16.9 Å². The van der Waals surface area contributed by atoms with Crippen molar-refractivity contribution in [2.45, 2.75) is 26.8 Å². The van der Waals surface area contributed by atoms with Crippen LogP contribution in [-0.2, 0) is 4.79 Å². The van der Waals surface area contributed by atoms with E-state index in [0.717, 1.165) is 5.76 Å². The molecule has 1 amide bonds. The first-order valence-corrected chi connectivity index (χ1v) is 9.94. The summed E-state index contributed by atoms with van der Waals surface area (Å²) in [5, 5.41) is 8.74. The van der Waals surface area contributed by atoms with E-state index in [2.05, 4.69) is 16.0 Å². The number of hydrogen-bond acceptors (Lipinski definition) is 6. The van der Waals surface area contributed by atoms with Gasteiger partial charge in [0, 0.05) is 29.3 Å². The van der Waals surface area contributed by atoms with Gasteiger partial charge < -0.3 is 20.4 Å². The predicted octanol–water partition coefficient (Wildman–Crippen LogP) is 2.92. The number of furan rings is 1. The van der Waals surface area contributed by atoms with Crippen molar-refractivity contribution in [2.75, 3.05) is 30.4 Å². The molecule has 30 heavy (non-hydrogen) atoms. The topological polar surface area (TPSA) is 100 Å². The Morgan fingerprint density at radius 2 is 1.97 bits per heavy atom. The van der Waals surface area contributed by atoms with E-state index < -0.39 is 17.5 Å². The molecule has 1 aliphatic rings. The highest BCUT2D eigenvalue weighted by atomic mass is 35.5. The molecule has 0 bridgehead atoms. The fourth-order valence-corrected chi connectivity index (χ4v) is 3.58. The Morgan fingerprint density at radius 3 is 2.57 bits per heavy atom. The van der Waals surface area contributed by atoms with Crippen molar-refractivity contribution in [3.05, 3.63) is 66.4 Å². The summed E-state index contributed by atoms with van der Waals surface area (Å²) in [5.74, 6) is 1.12. The van der Waals surface area contributed by atoms with Crippen molar-refractivity contribution in [3.8, 4) is 0 Å². The zero-order valence-electron chi connectivity index (χ0n) is 16.9. The van der Waals surface area contributed by atoms with Crippen LogP contribution in [0.3, 0.4) is 0 Å². The largest absolute Gasteiger partial charge is 0.464 e. The maximum atomic E-state index is 12.6. The number of hydrogen-bond donors (Lipinski definition) is 3. The second kappa shape index (κ2) is 8.87. The zero-order valence-corrected chi connectivity index (χ0v) is 17.7. The summed E-state index contributed by atoms with van der Waals surface area (Å²) in [7, 11) is 0. The van der Waals surface area contributed by atoms with Crippen molar-refractivity contribution in [3.63, 3.8) is 0 Å². The predicted molar refractivity (Wildman–Crippen MR) is 114 cm³/mol. The first-order chi connectivity index (χ1) is 14.2. The number of halogens is 2. The van der Waals surface area contributed by atoms with E-state index in [4.69, 9.17) is 16.0 Å². The number of alkyl halides is 1. The van der Waals surface area contributed by atoms with Gasteiger partial charge in [-0.1, -0.05) is 25.4 Å². The quantitative estimate of drug-likeness (QED) is 0.524. The molecule has 0 radical (unpaired) electrons. The van der Waals surface area contributed by atoms with Gasteiger partial charge in [0.25, 0.3) is 10.9 Å². The minimum absolute atomic E-state index is 0.0246. The van der Waals surface area contributed by atoms with Crippen LogP contribution in [-0.4, -0.2) is 25.7 Å². The monoisotopic (exact) mass is 435 g/mol. The highest BCUT2D eigenvalue weighted by Gasteiger charge is 2.29. The molecule has 0 fully saturated rings. The Kier molecular flexibility index (Phi) is 6.45.